The molecule has 0 aliphatic heterocycles. The Hall–Kier alpha value is -2.70. The number of rotatable bonds is 4. The molecule has 0 atom stereocenters. The fraction of sp³-hybridized carbons (Fsp3) is 0.235. The molecule has 0 unspecified atom stereocenters. The SMILES string of the molecule is FC(F)(F)Oc1ccc(Oc2cc(C3CC3)cc3cncn23)cc1. The normalized spacial score (nSPS) is 14.8. The third-order valence-electron chi connectivity index (χ3n) is 3.84. The van der Waals surface area contributed by atoms with Crippen LogP contribution in [0.3, 0.4) is 0 Å². The molecule has 0 amide bonds. The van der Waals surface area contributed by atoms with Gasteiger partial charge in [-0.2, -0.15) is 0 Å². The maximum atomic E-state index is 12.2. The lowest BCUT2D eigenvalue weighted by Gasteiger charge is -2.12. The summed E-state index contributed by atoms with van der Waals surface area (Å²) in [5, 5.41) is 0. The Morgan fingerprint density at radius 3 is 2.42 bits per heavy atom. The predicted molar refractivity (Wildman–Crippen MR) is 80.4 cm³/mol. The molecule has 4 rings (SSSR count). The summed E-state index contributed by atoms with van der Waals surface area (Å²) >= 11 is 0. The minimum atomic E-state index is -4.70. The largest absolute Gasteiger partial charge is 0.573 e. The van der Waals surface area contributed by atoms with Gasteiger partial charge in [-0.3, -0.25) is 4.40 Å². The van der Waals surface area contributed by atoms with Gasteiger partial charge < -0.3 is 9.47 Å². The van der Waals surface area contributed by atoms with Crippen molar-refractivity contribution < 1.29 is 22.6 Å². The van der Waals surface area contributed by atoms with E-state index in [1.54, 1.807) is 16.9 Å². The molecule has 1 saturated carbocycles. The quantitative estimate of drug-likeness (QED) is 0.680. The van der Waals surface area contributed by atoms with Gasteiger partial charge in [0.1, 0.15) is 17.8 Å². The summed E-state index contributed by atoms with van der Waals surface area (Å²) in [5.41, 5.74) is 2.11. The highest BCUT2D eigenvalue weighted by Crippen LogP contribution is 2.42. The van der Waals surface area contributed by atoms with E-state index in [9.17, 15) is 13.2 Å². The summed E-state index contributed by atoms with van der Waals surface area (Å²) < 4.78 is 48.1. The molecule has 0 radical (unpaired) electrons. The van der Waals surface area contributed by atoms with E-state index in [1.165, 1.54) is 29.8 Å². The molecule has 1 aliphatic rings. The van der Waals surface area contributed by atoms with E-state index in [1.807, 2.05) is 6.07 Å². The van der Waals surface area contributed by atoms with Crippen molar-refractivity contribution in [3.8, 4) is 17.4 Å². The van der Waals surface area contributed by atoms with Crippen molar-refractivity contribution in [1.82, 2.24) is 9.38 Å². The number of nitrogens with zero attached hydrogens (tertiary/aromatic N) is 2. The van der Waals surface area contributed by atoms with Gasteiger partial charge in [-0.05, 0) is 54.7 Å². The molecule has 0 bridgehead atoms. The predicted octanol–water partition coefficient (Wildman–Crippen LogP) is 4.90. The van der Waals surface area contributed by atoms with E-state index in [2.05, 4.69) is 15.8 Å². The Kier molecular flexibility index (Phi) is 3.37. The Bertz CT molecular complexity index is 868. The molecule has 1 aromatic carbocycles. The Balaban J connectivity index is 1.60. The first kappa shape index (κ1) is 14.9. The van der Waals surface area contributed by atoms with Crippen LogP contribution in [0.2, 0.25) is 0 Å². The summed E-state index contributed by atoms with van der Waals surface area (Å²) in [6, 6.07) is 9.35. The lowest BCUT2D eigenvalue weighted by Crippen LogP contribution is -2.16. The molecule has 1 aliphatic carbocycles. The molecular formula is C17H13F3N2O2. The van der Waals surface area contributed by atoms with Crippen molar-refractivity contribution in [3.63, 3.8) is 0 Å². The Labute approximate surface area is 135 Å². The lowest BCUT2D eigenvalue weighted by molar-refractivity contribution is -0.274. The fourth-order valence-electron chi connectivity index (χ4n) is 2.58. The van der Waals surface area contributed by atoms with Gasteiger partial charge in [-0.25, -0.2) is 4.98 Å². The second-order valence-electron chi connectivity index (χ2n) is 5.71. The number of ether oxygens (including phenoxy) is 2. The monoisotopic (exact) mass is 334 g/mol. The van der Waals surface area contributed by atoms with Gasteiger partial charge >= 0.3 is 6.36 Å². The highest BCUT2D eigenvalue weighted by Gasteiger charge is 2.31. The van der Waals surface area contributed by atoms with Crippen LogP contribution in [0, 0.1) is 0 Å². The summed E-state index contributed by atoms with van der Waals surface area (Å²) in [6.07, 6.45) is 1.01. The number of imidazole rings is 1. The Morgan fingerprint density at radius 1 is 1.04 bits per heavy atom. The van der Waals surface area contributed by atoms with E-state index >= 15 is 0 Å². The molecule has 124 valence electrons. The van der Waals surface area contributed by atoms with E-state index in [4.69, 9.17) is 4.74 Å². The van der Waals surface area contributed by atoms with Gasteiger partial charge in [0, 0.05) is 6.07 Å². The van der Waals surface area contributed by atoms with Gasteiger partial charge in [0.15, 0.2) is 0 Å². The molecule has 7 heteroatoms. The van der Waals surface area contributed by atoms with Crippen LogP contribution in [0.1, 0.15) is 24.3 Å². The van der Waals surface area contributed by atoms with Crippen molar-refractivity contribution in [2.75, 3.05) is 0 Å². The van der Waals surface area contributed by atoms with E-state index in [-0.39, 0.29) is 5.75 Å². The van der Waals surface area contributed by atoms with Gasteiger partial charge in [0.25, 0.3) is 0 Å². The number of hydrogen-bond donors (Lipinski definition) is 0. The number of hydrogen-bond acceptors (Lipinski definition) is 3. The first-order chi connectivity index (χ1) is 11.5. The summed E-state index contributed by atoms with van der Waals surface area (Å²) in [6.45, 7) is 0. The maximum absolute atomic E-state index is 12.2. The first-order valence-electron chi connectivity index (χ1n) is 7.48. The van der Waals surface area contributed by atoms with Crippen molar-refractivity contribution in [2.24, 2.45) is 0 Å². The van der Waals surface area contributed by atoms with Gasteiger partial charge in [-0.1, -0.05) is 0 Å². The van der Waals surface area contributed by atoms with Crippen molar-refractivity contribution in [3.05, 3.63) is 54.5 Å². The van der Waals surface area contributed by atoms with E-state index in [0.29, 0.717) is 17.5 Å². The van der Waals surface area contributed by atoms with Crippen molar-refractivity contribution in [2.45, 2.75) is 25.1 Å². The van der Waals surface area contributed by atoms with Crippen LogP contribution in [0.4, 0.5) is 13.2 Å². The van der Waals surface area contributed by atoms with Crippen LogP contribution < -0.4 is 9.47 Å². The minimum absolute atomic E-state index is 0.283. The number of benzene rings is 1. The van der Waals surface area contributed by atoms with Crippen LogP contribution in [0.5, 0.6) is 17.4 Å². The molecule has 0 saturated heterocycles. The maximum Gasteiger partial charge on any atom is 0.573 e. The van der Waals surface area contributed by atoms with Gasteiger partial charge in [0.2, 0.25) is 5.88 Å². The van der Waals surface area contributed by atoms with Crippen LogP contribution in [-0.2, 0) is 0 Å². The van der Waals surface area contributed by atoms with E-state index in [0.717, 1.165) is 18.4 Å². The minimum Gasteiger partial charge on any atom is -0.440 e. The van der Waals surface area contributed by atoms with Gasteiger partial charge in [-0.15, -0.1) is 13.2 Å². The highest BCUT2D eigenvalue weighted by molar-refractivity contribution is 5.52. The Morgan fingerprint density at radius 2 is 1.75 bits per heavy atom. The highest BCUT2D eigenvalue weighted by atomic mass is 19.4. The number of aromatic nitrogens is 2. The van der Waals surface area contributed by atoms with Crippen molar-refractivity contribution >= 4 is 5.52 Å². The number of fused-ring (bicyclic) bond motifs is 1. The lowest BCUT2D eigenvalue weighted by atomic mass is 10.1. The number of pyridine rings is 1. The average molecular weight is 334 g/mol. The molecule has 3 aromatic rings. The second kappa shape index (κ2) is 5.43. The third kappa shape index (κ3) is 3.15. The summed E-state index contributed by atoms with van der Waals surface area (Å²) in [5.74, 6) is 1.27. The van der Waals surface area contributed by atoms with Gasteiger partial charge in [0.05, 0.1) is 11.7 Å². The zero-order valence-corrected chi connectivity index (χ0v) is 12.5. The standard InChI is InChI=1S/C17H13F3N2O2/c18-17(19,20)24-15-5-3-14(4-6-15)23-16-8-12(11-1-2-11)7-13-9-21-10-22(13)16/h3-11H,1-2H2. The summed E-state index contributed by atoms with van der Waals surface area (Å²) in [4.78, 5) is 4.12. The molecule has 4 nitrogen and oxygen atoms in total. The fourth-order valence-corrected chi connectivity index (χ4v) is 2.58. The molecule has 1 fully saturated rings. The first-order valence-corrected chi connectivity index (χ1v) is 7.48. The second-order valence-corrected chi connectivity index (χ2v) is 5.71. The third-order valence-corrected chi connectivity index (χ3v) is 3.84. The number of halogens is 3. The zero-order chi connectivity index (χ0) is 16.7. The molecule has 0 spiro atoms. The summed E-state index contributed by atoms with van der Waals surface area (Å²) in [7, 11) is 0. The average Bonchev–Trinajstić information content (AvgIpc) is 3.26. The molecule has 0 N–H and O–H groups in total. The molecule has 24 heavy (non-hydrogen) atoms. The number of alkyl halides is 3. The van der Waals surface area contributed by atoms with Crippen LogP contribution in [-0.4, -0.2) is 15.7 Å². The van der Waals surface area contributed by atoms with Crippen LogP contribution in [0.25, 0.3) is 5.52 Å². The van der Waals surface area contributed by atoms with Crippen LogP contribution in [0.15, 0.2) is 48.9 Å². The van der Waals surface area contributed by atoms with Crippen molar-refractivity contribution in [1.29, 1.82) is 0 Å². The van der Waals surface area contributed by atoms with Crippen LogP contribution >= 0.6 is 0 Å². The molecule has 2 heterocycles. The molecule has 2 aromatic heterocycles. The van der Waals surface area contributed by atoms with E-state index < -0.39 is 6.36 Å². The molecular weight excluding hydrogens is 321 g/mol. The topological polar surface area (TPSA) is 35.8 Å². The zero-order valence-electron chi connectivity index (χ0n) is 12.5. The smallest absolute Gasteiger partial charge is 0.440 e.